The van der Waals surface area contributed by atoms with Crippen LogP contribution in [0.15, 0.2) is 33.9 Å². The minimum absolute atomic E-state index is 0.317. The van der Waals surface area contributed by atoms with E-state index in [0.717, 1.165) is 4.68 Å². The topological polar surface area (TPSA) is 114 Å². The molecule has 2 aromatic rings. The van der Waals surface area contributed by atoms with Crippen molar-refractivity contribution >= 4 is 5.97 Å². The van der Waals surface area contributed by atoms with Crippen LogP contribution in [0.1, 0.15) is 17.4 Å². The van der Waals surface area contributed by atoms with E-state index < -0.39 is 22.9 Å². The number of carbonyl (C=O) groups is 1. The molecule has 1 aromatic heterocycles. The van der Waals surface area contributed by atoms with Crippen molar-refractivity contribution < 1.29 is 14.6 Å². The number of nitrogens with zero attached hydrogens (tertiary/aromatic N) is 2. The summed E-state index contributed by atoms with van der Waals surface area (Å²) >= 11 is 0. The lowest BCUT2D eigenvalue weighted by Crippen LogP contribution is -2.35. The molecule has 0 amide bonds. The summed E-state index contributed by atoms with van der Waals surface area (Å²) in [4.78, 5) is 35.7. The molecule has 0 aliphatic carbocycles. The number of hydrogen-bond acceptors (Lipinski definition) is 5. The van der Waals surface area contributed by atoms with Gasteiger partial charge in [-0.1, -0.05) is 0 Å². The van der Waals surface area contributed by atoms with Gasteiger partial charge in [0.1, 0.15) is 5.75 Å². The molecule has 0 aliphatic rings. The number of aromatic nitrogens is 3. The van der Waals surface area contributed by atoms with Gasteiger partial charge in [-0.15, -0.1) is 0 Å². The highest BCUT2D eigenvalue weighted by Gasteiger charge is 2.14. The molecule has 104 valence electrons. The Labute approximate surface area is 112 Å². The zero-order valence-electron chi connectivity index (χ0n) is 10.5. The fraction of sp³-hybridized carbons (Fsp3) is 0.167. The van der Waals surface area contributed by atoms with Gasteiger partial charge in [0.2, 0.25) is 5.69 Å². The fourth-order valence-corrected chi connectivity index (χ4v) is 1.57. The molecule has 0 saturated heterocycles. The van der Waals surface area contributed by atoms with Gasteiger partial charge in [-0.2, -0.15) is 9.78 Å². The van der Waals surface area contributed by atoms with Crippen molar-refractivity contribution in [1.29, 1.82) is 0 Å². The van der Waals surface area contributed by atoms with Crippen LogP contribution in [-0.2, 0) is 0 Å². The molecular weight excluding hydrogens is 266 g/mol. The smallest absolute Gasteiger partial charge is 0.362 e. The van der Waals surface area contributed by atoms with E-state index in [1.807, 2.05) is 11.9 Å². The summed E-state index contributed by atoms with van der Waals surface area (Å²) in [7, 11) is 0. The highest BCUT2D eigenvalue weighted by molar-refractivity contribution is 5.84. The van der Waals surface area contributed by atoms with Crippen LogP contribution in [0.25, 0.3) is 5.69 Å². The first-order chi connectivity index (χ1) is 9.52. The van der Waals surface area contributed by atoms with Gasteiger partial charge in [-0.25, -0.2) is 9.59 Å². The second-order valence-corrected chi connectivity index (χ2v) is 3.75. The number of nitrogens with one attached hydrogen (secondary N) is 1. The molecule has 0 radical (unpaired) electrons. The summed E-state index contributed by atoms with van der Waals surface area (Å²) < 4.78 is 6.05. The number of aromatic amines is 1. The maximum atomic E-state index is 11.6. The molecule has 2 N–H and O–H groups in total. The van der Waals surface area contributed by atoms with E-state index in [2.05, 4.69) is 5.10 Å². The van der Waals surface area contributed by atoms with E-state index in [9.17, 15) is 14.4 Å². The first-order valence-corrected chi connectivity index (χ1v) is 5.73. The van der Waals surface area contributed by atoms with Gasteiger partial charge in [0.25, 0.3) is 5.56 Å². The van der Waals surface area contributed by atoms with Crippen molar-refractivity contribution in [2.75, 3.05) is 6.61 Å². The second kappa shape index (κ2) is 5.39. The van der Waals surface area contributed by atoms with E-state index in [1.54, 1.807) is 12.1 Å². The highest BCUT2D eigenvalue weighted by atomic mass is 16.5. The van der Waals surface area contributed by atoms with Crippen LogP contribution in [0.2, 0.25) is 0 Å². The Morgan fingerprint density at radius 2 is 2.00 bits per heavy atom. The van der Waals surface area contributed by atoms with Crippen LogP contribution >= 0.6 is 0 Å². The zero-order chi connectivity index (χ0) is 14.7. The van der Waals surface area contributed by atoms with E-state index >= 15 is 0 Å². The Balaban J connectivity index is 2.52. The number of rotatable bonds is 4. The average molecular weight is 277 g/mol. The monoisotopic (exact) mass is 277 g/mol. The first-order valence-electron chi connectivity index (χ1n) is 5.73. The molecule has 0 fully saturated rings. The Hall–Kier alpha value is -2.90. The molecule has 1 heterocycles. The minimum atomic E-state index is -1.51. The van der Waals surface area contributed by atoms with Crippen LogP contribution in [0.5, 0.6) is 5.75 Å². The molecule has 0 unspecified atom stereocenters. The summed E-state index contributed by atoms with van der Waals surface area (Å²) in [5.74, 6) is -0.905. The van der Waals surface area contributed by atoms with Crippen LogP contribution in [0, 0.1) is 0 Å². The number of hydrogen-bond donors (Lipinski definition) is 2. The maximum Gasteiger partial charge on any atom is 0.362 e. The molecule has 0 spiro atoms. The quantitative estimate of drug-likeness (QED) is 0.814. The summed E-state index contributed by atoms with van der Waals surface area (Å²) in [6, 6.07) is 6.28. The van der Waals surface area contributed by atoms with Crippen LogP contribution < -0.4 is 16.0 Å². The van der Waals surface area contributed by atoms with Crippen molar-refractivity contribution in [3.63, 3.8) is 0 Å². The van der Waals surface area contributed by atoms with Crippen LogP contribution in [0.4, 0.5) is 0 Å². The summed E-state index contributed by atoms with van der Waals surface area (Å²) in [5.41, 5.74) is -2.29. The third-order valence-electron chi connectivity index (χ3n) is 2.42. The molecule has 2 rings (SSSR count). The largest absolute Gasteiger partial charge is 0.494 e. The number of aromatic carboxylic acids is 1. The molecule has 20 heavy (non-hydrogen) atoms. The van der Waals surface area contributed by atoms with Crippen molar-refractivity contribution in [2.45, 2.75) is 6.92 Å². The average Bonchev–Trinajstić information content (AvgIpc) is 2.40. The lowest BCUT2D eigenvalue weighted by Gasteiger charge is -2.06. The molecule has 0 aliphatic heterocycles. The van der Waals surface area contributed by atoms with Gasteiger partial charge in [0, 0.05) is 0 Å². The number of ether oxygens (including phenoxy) is 1. The van der Waals surface area contributed by atoms with Gasteiger partial charge in [-0.05, 0) is 31.2 Å². The Kier molecular flexibility index (Phi) is 3.65. The van der Waals surface area contributed by atoms with Crippen LogP contribution in [0.3, 0.4) is 0 Å². The molecular formula is C12H11N3O5. The van der Waals surface area contributed by atoms with Crippen molar-refractivity contribution in [3.05, 3.63) is 50.8 Å². The fourth-order valence-electron chi connectivity index (χ4n) is 1.57. The third-order valence-corrected chi connectivity index (χ3v) is 2.42. The van der Waals surface area contributed by atoms with Gasteiger partial charge in [-0.3, -0.25) is 9.78 Å². The predicted octanol–water partition coefficient (Wildman–Crippen LogP) is 0.0177. The van der Waals surface area contributed by atoms with Crippen LogP contribution in [-0.4, -0.2) is 32.4 Å². The summed E-state index contributed by atoms with van der Waals surface area (Å²) in [6.07, 6.45) is 0. The maximum absolute atomic E-state index is 11.6. The van der Waals surface area contributed by atoms with Crippen molar-refractivity contribution in [1.82, 2.24) is 14.8 Å². The lowest BCUT2D eigenvalue weighted by atomic mass is 10.3. The van der Waals surface area contributed by atoms with E-state index in [1.165, 1.54) is 12.1 Å². The Morgan fingerprint density at radius 3 is 2.55 bits per heavy atom. The van der Waals surface area contributed by atoms with Gasteiger partial charge < -0.3 is 9.84 Å². The molecule has 1 aromatic carbocycles. The number of H-pyrrole nitrogens is 1. The second-order valence-electron chi connectivity index (χ2n) is 3.75. The molecule has 8 nitrogen and oxygen atoms in total. The standard InChI is InChI=1S/C12H11N3O5/c1-2-20-8-5-3-7(4-6-8)15-12(19)13-10(16)9(14-15)11(17)18/h3-6H,2H2,1H3,(H,17,18)(H,13,16,19). The number of benzene rings is 1. The molecule has 8 heteroatoms. The molecule has 0 saturated carbocycles. The van der Waals surface area contributed by atoms with Crippen molar-refractivity contribution in [3.8, 4) is 11.4 Å². The summed E-state index contributed by atoms with van der Waals surface area (Å²) in [5, 5.41) is 12.4. The minimum Gasteiger partial charge on any atom is -0.494 e. The van der Waals surface area contributed by atoms with Gasteiger partial charge in [0.15, 0.2) is 0 Å². The SMILES string of the molecule is CCOc1ccc(-n2nc(C(=O)O)c(=O)[nH]c2=O)cc1. The van der Waals surface area contributed by atoms with Crippen molar-refractivity contribution in [2.24, 2.45) is 0 Å². The van der Waals surface area contributed by atoms with E-state index in [0.29, 0.717) is 18.0 Å². The Morgan fingerprint density at radius 1 is 1.35 bits per heavy atom. The highest BCUT2D eigenvalue weighted by Crippen LogP contribution is 2.13. The number of carboxylic acid groups (broad SMARTS) is 1. The molecule has 0 bridgehead atoms. The van der Waals surface area contributed by atoms with E-state index in [4.69, 9.17) is 9.84 Å². The zero-order valence-corrected chi connectivity index (χ0v) is 10.5. The lowest BCUT2D eigenvalue weighted by molar-refractivity contribution is 0.0685. The number of carboxylic acids is 1. The third kappa shape index (κ3) is 2.58. The summed E-state index contributed by atoms with van der Waals surface area (Å²) in [6.45, 7) is 2.33. The predicted molar refractivity (Wildman–Crippen MR) is 68.6 cm³/mol. The normalized spacial score (nSPS) is 10.2. The van der Waals surface area contributed by atoms with Gasteiger partial charge >= 0.3 is 11.7 Å². The van der Waals surface area contributed by atoms with E-state index in [-0.39, 0.29) is 0 Å². The molecule has 0 atom stereocenters. The Bertz CT molecular complexity index is 745. The van der Waals surface area contributed by atoms with Gasteiger partial charge in [0.05, 0.1) is 12.3 Å². The first kappa shape index (κ1) is 13.5.